The van der Waals surface area contributed by atoms with Gasteiger partial charge in [0.25, 0.3) is 0 Å². The van der Waals surface area contributed by atoms with Crippen molar-refractivity contribution in [3.8, 4) is 0 Å². The number of thiocarbonyl (C=S) groups is 1. The Bertz CT molecular complexity index is 561. The molecule has 1 aromatic heterocycles. The summed E-state index contributed by atoms with van der Waals surface area (Å²) in [7, 11) is 0. The van der Waals surface area contributed by atoms with Crippen LogP contribution in [0.25, 0.3) is 0 Å². The molecule has 2 heterocycles. The zero-order chi connectivity index (χ0) is 12.0. The number of fused-ring (bicyclic) bond motifs is 3. The molecule has 0 amide bonds. The minimum atomic E-state index is 0.157. The first-order valence-electron chi connectivity index (χ1n) is 5.63. The lowest BCUT2D eigenvalue weighted by molar-refractivity contribution is 0.322. The highest BCUT2D eigenvalue weighted by molar-refractivity contribution is 7.81. The van der Waals surface area contributed by atoms with Crippen LogP contribution in [-0.4, -0.2) is 38.2 Å². The van der Waals surface area contributed by atoms with Gasteiger partial charge in [-0.2, -0.15) is 0 Å². The van der Waals surface area contributed by atoms with E-state index in [-0.39, 0.29) is 6.17 Å². The fourth-order valence-corrected chi connectivity index (χ4v) is 2.59. The molecule has 1 aliphatic carbocycles. The Hall–Kier alpha value is -1.62. The van der Waals surface area contributed by atoms with Crippen molar-refractivity contribution in [3.63, 3.8) is 0 Å². The number of allylic oxidation sites excluding steroid dienone is 2. The molecule has 0 saturated heterocycles. The average molecular weight is 244 g/mol. The maximum atomic E-state index is 5.39. The largest absolute Gasteiger partial charge is 0.348 e. The van der Waals surface area contributed by atoms with Crippen molar-refractivity contribution in [1.29, 1.82) is 0 Å². The van der Waals surface area contributed by atoms with E-state index in [2.05, 4.69) is 33.7 Å². The molecule has 1 aromatic rings. The maximum absolute atomic E-state index is 5.39. The minimum absolute atomic E-state index is 0.157. The lowest BCUT2D eigenvalue weighted by atomic mass is 9.99. The van der Waals surface area contributed by atoms with E-state index in [1.807, 2.05) is 6.08 Å². The Labute approximate surface area is 105 Å². The van der Waals surface area contributed by atoms with E-state index in [4.69, 9.17) is 12.2 Å². The third kappa shape index (κ3) is 1.42. The smallest absolute Gasteiger partial charge is 0.119 e. The fourth-order valence-electron chi connectivity index (χ4n) is 2.33. The molecule has 2 aliphatic rings. The van der Waals surface area contributed by atoms with E-state index >= 15 is 0 Å². The molecular formula is C12H12N4S. The second-order valence-corrected chi connectivity index (χ2v) is 4.51. The van der Waals surface area contributed by atoms with Crippen molar-refractivity contribution in [2.24, 2.45) is 4.99 Å². The molecule has 0 fully saturated rings. The Morgan fingerprint density at radius 1 is 1.47 bits per heavy atom. The summed E-state index contributed by atoms with van der Waals surface area (Å²) in [6.07, 6.45) is 5.48. The summed E-state index contributed by atoms with van der Waals surface area (Å²) in [6.45, 7) is 5.12. The number of aromatic nitrogens is 2. The molecule has 86 valence electrons. The summed E-state index contributed by atoms with van der Waals surface area (Å²) in [4.78, 5) is 16.0. The maximum Gasteiger partial charge on any atom is 0.119 e. The lowest BCUT2D eigenvalue weighted by Gasteiger charge is -2.24. The van der Waals surface area contributed by atoms with Gasteiger partial charge in [0, 0.05) is 18.3 Å². The Morgan fingerprint density at radius 2 is 2.29 bits per heavy atom. The second-order valence-electron chi connectivity index (χ2n) is 4.07. The number of likely N-dealkylation sites (N-methyl/N-ethyl adjacent to an activating group) is 1. The monoisotopic (exact) mass is 244 g/mol. The summed E-state index contributed by atoms with van der Waals surface area (Å²) in [5, 5.41) is 0. The number of hydrogen-bond acceptors (Lipinski definition) is 5. The van der Waals surface area contributed by atoms with Crippen LogP contribution in [0.1, 0.15) is 25.1 Å². The lowest BCUT2D eigenvalue weighted by Crippen LogP contribution is -2.30. The summed E-state index contributed by atoms with van der Waals surface area (Å²) in [6, 6.07) is 0. The van der Waals surface area contributed by atoms with Crippen LogP contribution >= 0.6 is 12.2 Å². The molecule has 0 aromatic carbocycles. The predicted octanol–water partition coefficient (Wildman–Crippen LogP) is 1.56. The van der Waals surface area contributed by atoms with E-state index in [1.165, 1.54) is 0 Å². The molecule has 1 aliphatic heterocycles. The normalized spacial score (nSPS) is 21.9. The number of hydrogen-bond donors (Lipinski definition) is 0. The van der Waals surface area contributed by atoms with Gasteiger partial charge in [-0.15, -0.1) is 0 Å². The van der Waals surface area contributed by atoms with Crippen LogP contribution in [0, 0.1) is 0 Å². The molecule has 0 saturated carbocycles. The highest BCUT2D eigenvalue weighted by atomic mass is 32.1. The van der Waals surface area contributed by atoms with E-state index < -0.39 is 0 Å². The summed E-state index contributed by atoms with van der Waals surface area (Å²) in [5.74, 6) is 0. The third-order valence-electron chi connectivity index (χ3n) is 3.13. The van der Waals surface area contributed by atoms with E-state index in [0.717, 1.165) is 34.1 Å². The number of rotatable bonds is 1. The standard InChI is InChI=1S/C12H12N4S/c1-3-16-7(2)15-12-9(16)4-10(17)8-5-13-6-14-11(8)12/h4-7H,3H2,1-2H3. The van der Waals surface area contributed by atoms with Crippen LogP contribution < -0.4 is 0 Å². The Kier molecular flexibility index (Phi) is 2.29. The third-order valence-corrected chi connectivity index (χ3v) is 3.47. The molecule has 5 heteroatoms. The van der Waals surface area contributed by atoms with Gasteiger partial charge in [0.05, 0.1) is 10.6 Å². The fraction of sp³-hybridized carbons (Fsp3) is 0.333. The van der Waals surface area contributed by atoms with Crippen LogP contribution in [0.3, 0.4) is 0 Å². The molecule has 1 unspecified atom stereocenters. The molecule has 4 nitrogen and oxygen atoms in total. The molecule has 0 spiro atoms. The van der Waals surface area contributed by atoms with Gasteiger partial charge in [0.1, 0.15) is 23.9 Å². The second kappa shape index (κ2) is 3.70. The van der Waals surface area contributed by atoms with Gasteiger partial charge < -0.3 is 4.90 Å². The SMILES string of the molecule is CCN1C2=CC(=S)c3cncnc3C2=NC1C. The summed E-state index contributed by atoms with van der Waals surface area (Å²) >= 11 is 5.39. The molecular weight excluding hydrogens is 232 g/mol. The molecule has 0 radical (unpaired) electrons. The van der Waals surface area contributed by atoms with Crippen LogP contribution in [0.4, 0.5) is 0 Å². The van der Waals surface area contributed by atoms with E-state index in [0.29, 0.717) is 0 Å². The minimum Gasteiger partial charge on any atom is -0.348 e. The van der Waals surface area contributed by atoms with Crippen molar-refractivity contribution in [2.75, 3.05) is 6.54 Å². The first kappa shape index (κ1) is 10.5. The van der Waals surface area contributed by atoms with Crippen molar-refractivity contribution in [1.82, 2.24) is 14.9 Å². The highest BCUT2D eigenvalue weighted by Gasteiger charge is 2.33. The average Bonchev–Trinajstić information content (AvgIpc) is 2.66. The first-order valence-corrected chi connectivity index (χ1v) is 6.04. The summed E-state index contributed by atoms with van der Waals surface area (Å²) in [5.41, 5.74) is 3.82. The van der Waals surface area contributed by atoms with Gasteiger partial charge in [0.15, 0.2) is 0 Å². The highest BCUT2D eigenvalue weighted by Crippen LogP contribution is 2.29. The summed E-state index contributed by atoms with van der Waals surface area (Å²) < 4.78 is 0. The van der Waals surface area contributed by atoms with Gasteiger partial charge in [-0.3, -0.25) is 4.99 Å². The van der Waals surface area contributed by atoms with Gasteiger partial charge in [-0.1, -0.05) is 12.2 Å². The van der Waals surface area contributed by atoms with Crippen molar-refractivity contribution in [2.45, 2.75) is 20.0 Å². The molecule has 17 heavy (non-hydrogen) atoms. The molecule has 3 rings (SSSR count). The van der Waals surface area contributed by atoms with Crippen LogP contribution in [0.15, 0.2) is 29.3 Å². The van der Waals surface area contributed by atoms with Crippen molar-refractivity contribution < 1.29 is 0 Å². The van der Waals surface area contributed by atoms with Crippen LogP contribution in [-0.2, 0) is 0 Å². The van der Waals surface area contributed by atoms with Crippen LogP contribution in [0.5, 0.6) is 0 Å². The van der Waals surface area contributed by atoms with Gasteiger partial charge in [-0.25, -0.2) is 9.97 Å². The molecule has 1 atom stereocenters. The van der Waals surface area contributed by atoms with E-state index in [1.54, 1.807) is 12.5 Å². The zero-order valence-corrected chi connectivity index (χ0v) is 10.5. The molecule has 0 bridgehead atoms. The zero-order valence-electron chi connectivity index (χ0n) is 9.71. The number of aliphatic imine (C=N–C) groups is 1. The Morgan fingerprint density at radius 3 is 3.06 bits per heavy atom. The van der Waals surface area contributed by atoms with Crippen molar-refractivity contribution >= 4 is 22.8 Å². The number of nitrogens with zero attached hydrogens (tertiary/aromatic N) is 4. The topological polar surface area (TPSA) is 41.4 Å². The first-order chi connectivity index (χ1) is 8.22. The van der Waals surface area contributed by atoms with Crippen molar-refractivity contribution in [3.05, 3.63) is 35.6 Å². The van der Waals surface area contributed by atoms with Gasteiger partial charge in [-0.05, 0) is 19.9 Å². The van der Waals surface area contributed by atoms with Crippen LogP contribution in [0.2, 0.25) is 0 Å². The quantitative estimate of drug-likeness (QED) is 0.703. The molecule has 0 N–H and O–H groups in total. The Balaban J connectivity index is 2.20. The van der Waals surface area contributed by atoms with Gasteiger partial charge >= 0.3 is 0 Å². The van der Waals surface area contributed by atoms with E-state index in [9.17, 15) is 0 Å². The van der Waals surface area contributed by atoms with Gasteiger partial charge in [0.2, 0.25) is 0 Å². The predicted molar refractivity (Wildman–Crippen MR) is 70.2 cm³/mol.